The summed E-state index contributed by atoms with van der Waals surface area (Å²) in [5.41, 5.74) is 1.76. The van der Waals surface area contributed by atoms with Crippen molar-refractivity contribution >= 4 is 28.5 Å². The van der Waals surface area contributed by atoms with Crippen molar-refractivity contribution in [1.29, 1.82) is 0 Å². The van der Waals surface area contributed by atoms with Gasteiger partial charge in [-0.25, -0.2) is 9.37 Å². The molecule has 1 aromatic heterocycles. The highest BCUT2D eigenvalue weighted by atomic mass is 35.5. The third-order valence-electron chi connectivity index (χ3n) is 4.43. The summed E-state index contributed by atoms with van der Waals surface area (Å²) in [5, 5.41) is 2.99. The Balaban J connectivity index is 1.54. The summed E-state index contributed by atoms with van der Waals surface area (Å²) < 4.78 is 26.8. The standard InChI is InChI=1S/C19H17ClFN3O3/c1-11-23-15-7-17-18(27-6-5-26-17)8-16(15)24(11)10-19(25)22-9-12-13(20)3-2-4-14(12)21/h2-4,7-8H,5-6,9-10H2,1H3,(H,22,25). The molecule has 4 rings (SSSR count). The molecular weight excluding hydrogens is 373 g/mol. The van der Waals surface area contributed by atoms with Crippen LogP contribution in [-0.2, 0) is 17.9 Å². The second kappa shape index (κ2) is 7.08. The molecule has 27 heavy (non-hydrogen) atoms. The van der Waals surface area contributed by atoms with Gasteiger partial charge in [-0.05, 0) is 19.1 Å². The van der Waals surface area contributed by atoms with Gasteiger partial charge < -0.3 is 19.4 Å². The predicted octanol–water partition coefficient (Wildman–Crippen LogP) is 3.22. The second-order valence-corrected chi connectivity index (χ2v) is 6.61. The fourth-order valence-corrected chi connectivity index (χ4v) is 3.30. The summed E-state index contributed by atoms with van der Waals surface area (Å²) in [4.78, 5) is 16.9. The maximum Gasteiger partial charge on any atom is 0.240 e. The molecule has 0 radical (unpaired) electrons. The number of carbonyl (C=O) groups excluding carboxylic acids is 1. The molecule has 3 aromatic rings. The van der Waals surface area contributed by atoms with E-state index < -0.39 is 5.82 Å². The van der Waals surface area contributed by atoms with E-state index in [4.69, 9.17) is 21.1 Å². The van der Waals surface area contributed by atoms with Crippen LogP contribution in [0.5, 0.6) is 11.5 Å². The number of rotatable bonds is 4. The summed E-state index contributed by atoms with van der Waals surface area (Å²) in [7, 11) is 0. The Bertz CT molecular complexity index is 1010. The molecule has 1 N–H and O–H groups in total. The minimum absolute atomic E-state index is 0.0162. The number of halogens is 2. The van der Waals surface area contributed by atoms with E-state index in [1.165, 1.54) is 12.1 Å². The van der Waals surface area contributed by atoms with Crippen molar-refractivity contribution < 1.29 is 18.7 Å². The van der Waals surface area contributed by atoms with E-state index >= 15 is 0 Å². The molecule has 6 nitrogen and oxygen atoms in total. The van der Waals surface area contributed by atoms with Crippen LogP contribution in [-0.4, -0.2) is 28.7 Å². The first-order chi connectivity index (χ1) is 13.0. The van der Waals surface area contributed by atoms with Gasteiger partial charge in [0, 0.05) is 29.3 Å². The van der Waals surface area contributed by atoms with Gasteiger partial charge in [-0.3, -0.25) is 4.79 Å². The number of nitrogens with zero attached hydrogens (tertiary/aromatic N) is 2. The van der Waals surface area contributed by atoms with Crippen molar-refractivity contribution in [2.45, 2.75) is 20.0 Å². The van der Waals surface area contributed by atoms with E-state index in [2.05, 4.69) is 10.3 Å². The molecule has 2 aromatic carbocycles. The van der Waals surface area contributed by atoms with Gasteiger partial charge in [0.1, 0.15) is 31.4 Å². The van der Waals surface area contributed by atoms with Gasteiger partial charge >= 0.3 is 0 Å². The van der Waals surface area contributed by atoms with Crippen molar-refractivity contribution in [2.75, 3.05) is 13.2 Å². The molecule has 0 unspecified atom stereocenters. The SMILES string of the molecule is Cc1nc2cc3c(cc2n1CC(=O)NCc1c(F)cccc1Cl)OCCO3. The molecule has 0 aliphatic carbocycles. The lowest BCUT2D eigenvalue weighted by Crippen LogP contribution is -2.28. The Morgan fingerprint density at radius 1 is 1.30 bits per heavy atom. The summed E-state index contributed by atoms with van der Waals surface area (Å²) in [5.74, 6) is 1.25. The molecule has 1 amide bonds. The highest BCUT2D eigenvalue weighted by molar-refractivity contribution is 6.31. The monoisotopic (exact) mass is 389 g/mol. The van der Waals surface area contributed by atoms with Crippen LogP contribution in [0.15, 0.2) is 30.3 Å². The number of hydrogen-bond donors (Lipinski definition) is 1. The lowest BCUT2D eigenvalue weighted by atomic mass is 10.2. The molecule has 0 saturated carbocycles. The van der Waals surface area contributed by atoms with Gasteiger partial charge in [-0.1, -0.05) is 17.7 Å². The van der Waals surface area contributed by atoms with Crippen LogP contribution in [0, 0.1) is 12.7 Å². The highest BCUT2D eigenvalue weighted by Gasteiger charge is 2.18. The van der Waals surface area contributed by atoms with Crippen molar-refractivity contribution in [3.63, 3.8) is 0 Å². The Labute approximate surface area is 159 Å². The van der Waals surface area contributed by atoms with Crippen LogP contribution < -0.4 is 14.8 Å². The lowest BCUT2D eigenvalue weighted by Gasteiger charge is -2.18. The first-order valence-electron chi connectivity index (χ1n) is 8.49. The van der Waals surface area contributed by atoms with Gasteiger partial charge in [0.05, 0.1) is 11.0 Å². The molecular formula is C19H17ClFN3O3. The number of nitrogens with one attached hydrogen (secondary N) is 1. The zero-order valence-corrected chi connectivity index (χ0v) is 15.3. The molecule has 0 spiro atoms. The first kappa shape index (κ1) is 17.6. The molecule has 0 fully saturated rings. The smallest absolute Gasteiger partial charge is 0.240 e. The molecule has 0 bridgehead atoms. The van der Waals surface area contributed by atoms with E-state index in [0.717, 1.165) is 11.0 Å². The van der Waals surface area contributed by atoms with E-state index in [-0.39, 0.29) is 29.6 Å². The number of aryl methyl sites for hydroxylation is 1. The maximum atomic E-state index is 13.8. The van der Waals surface area contributed by atoms with Crippen LogP contribution in [0.4, 0.5) is 4.39 Å². The molecule has 0 atom stereocenters. The van der Waals surface area contributed by atoms with Crippen LogP contribution in [0.1, 0.15) is 11.4 Å². The van der Waals surface area contributed by atoms with Crippen LogP contribution in [0.25, 0.3) is 11.0 Å². The number of hydrogen-bond acceptors (Lipinski definition) is 4. The number of imidazole rings is 1. The zero-order chi connectivity index (χ0) is 19.0. The summed E-state index contributed by atoms with van der Waals surface area (Å²) in [6.45, 7) is 2.87. The van der Waals surface area contributed by atoms with E-state index in [9.17, 15) is 9.18 Å². The minimum atomic E-state index is -0.448. The van der Waals surface area contributed by atoms with Crippen LogP contribution in [0.3, 0.4) is 0 Å². The summed E-state index contributed by atoms with van der Waals surface area (Å²) >= 11 is 5.99. The van der Waals surface area contributed by atoms with Crippen molar-refractivity contribution in [3.8, 4) is 11.5 Å². The van der Waals surface area contributed by atoms with Gasteiger partial charge in [0.15, 0.2) is 11.5 Å². The quantitative estimate of drug-likeness (QED) is 0.744. The molecule has 1 aliphatic rings. The van der Waals surface area contributed by atoms with Gasteiger partial charge in [0.2, 0.25) is 5.91 Å². The van der Waals surface area contributed by atoms with Crippen LogP contribution in [0.2, 0.25) is 5.02 Å². The van der Waals surface area contributed by atoms with E-state index in [0.29, 0.717) is 30.5 Å². The molecule has 2 heterocycles. The summed E-state index contributed by atoms with van der Waals surface area (Å²) in [6, 6.07) is 8.06. The van der Waals surface area contributed by atoms with Gasteiger partial charge in [0.25, 0.3) is 0 Å². The number of aromatic nitrogens is 2. The fraction of sp³-hybridized carbons (Fsp3) is 0.263. The number of carbonyl (C=O) groups is 1. The Kier molecular flexibility index (Phi) is 4.61. The third kappa shape index (κ3) is 3.42. The Morgan fingerprint density at radius 3 is 2.78 bits per heavy atom. The molecule has 140 valence electrons. The largest absolute Gasteiger partial charge is 0.486 e. The van der Waals surface area contributed by atoms with E-state index in [1.807, 2.05) is 19.1 Å². The number of benzene rings is 2. The number of fused-ring (bicyclic) bond motifs is 2. The van der Waals surface area contributed by atoms with Crippen LogP contribution >= 0.6 is 11.6 Å². The summed E-state index contributed by atoms with van der Waals surface area (Å²) in [6.07, 6.45) is 0. The van der Waals surface area contributed by atoms with E-state index in [1.54, 1.807) is 10.6 Å². The fourth-order valence-electron chi connectivity index (χ4n) is 3.07. The van der Waals surface area contributed by atoms with Gasteiger partial charge in [-0.15, -0.1) is 0 Å². The molecule has 8 heteroatoms. The van der Waals surface area contributed by atoms with Gasteiger partial charge in [-0.2, -0.15) is 0 Å². The number of amides is 1. The van der Waals surface area contributed by atoms with Crippen molar-refractivity contribution in [2.24, 2.45) is 0 Å². The minimum Gasteiger partial charge on any atom is -0.486 e. The van der Waals surface area contributed by atoms with Crippen molar-refractivity contribution in [3.05, 3.63) is 52.6 Å². The number of ether oxygens (including phenoxy) is 2. The first-order valence-corrected chi connectivity index (χ1v) is 8.87. The lowest BCUT2D eigenvalue weighted by molar-refractivity contribution is -0.121. The highest BCUT2D eigenvalue weighted by Crippen LogP contribution is 2.34. The average Bonchev–Trinajstić information content (AvgIpc) is 2.94. The predicted molar refractivity (Wildman–Crippen MR) is 98.7 cm³/mol. The zero-order valence-electron chi connectivity index (χ0n) is 14.6. The second-order valence-electron chi connectivity index (χ2n) is 6.21. The Morgan fingerprint density at radius 2 is 2.04 bits per heavy atom. The normalized spacial score (nSPS) is 13.0. The molecule has 0 saturated heterocycles. The average molecular weight is 390 g/mol. The molecule has 1 aliphatic heterocycles. The third-order valence-corrected chi connectivity index (χ3v) is 4.78. The topological polar surface area (TPSA) is 65.4 Å². The maximum absolute atomic E-state index is 13.8. The van der Waals surface area contributed by atoms with Crippen molar-refractivity contribution in [1.82, 2.24) is 14.9 Å². The Hall–Kier alpha value is -2.80.